The van der Waals surface area contributed by atoms with E-state index >= 15 is 0 Å². The van der Waals surface area contributed by atoms with E-state index in [1.807, 2.05) is 33.8 Å². The molecule has 1 aromatic rings. The number of carbonyl (C=O) groups is 1. The van der Waals surface area contributed by atoms with E-state index in [1.54, 1.807) is 31.2 Å². The Morgan fingerprint density at radius 1 is 1.09 bits per heavy atom. The first-order valence-electron chi connectivity index (χ1n) is 7.74. The molecule has 6 nitrogen and oxygen atoms in total. The molecular formula is C17H26O6. The van der Waals surface area contributed by atoms with Crippen LogP contribution in [0.4, 0.5) is 0 Å². The Bertz CT molecular complexity index is 454. The predicted molar refractivity (Wildman–Crippen MR) is 84.1 cm³/mol. The molecule has 0 aliphatic carbocycles. The van der Waals surface area contributed by atoms with Gasteiger partial charge in [-0.05, 0) is 32.9 Å². The Labute approximate surface area is 137 Å². The van der Waals surface area contributed by atoms with Crippen molar-refractivity contribution >= 4 is 5.97 Å². The summed E-state index contributed by atoms with van der Waals surface area (Å²) in [6, 6.07) is 8.66. The first kappa shape index (κ1) is 19.6. The molecule has 6 heteroatoms. The Kier molecular flexibility index (Phi) is 8.19. The average Bonchev–Trinajstić information content (AvgIpc) is 2.50. The first-order chi connectivity index (χ1) is 10.8. The molecule has 2 unspecified atom stereocenters. The summed E-state index contributed by atoms with van der Waals surface area (Å²) in [6.45, 7) is 9.13. The quantitative estimate of drug-likeness (QED) is 0.296. The van der Waals surface area contributed by atoms with E-state index in [-0.39, 0.29) is 0 Å². The van der Waals surface area contributed by atoms with Gasteiger partial charge < -0.3 is 4.74 Å². The average molecular weight is 326 g/mol. The van der Waals surface area contributed by atoms with Gasteiger partial charge in [0.1, 0.15) is 0 Å². The van der Waals surface area contributed by atoms with Crippen LogP contribution in [0.25, 0.3) is 0 Å². The SMILES string of the molecule is CCCC(OOC(C)OC(=O)c1ccccc1)OOC(C)(C)C. The fourth-order valence-electron chi connectivity index (χ4n) is 1.50. The molecule has 130 valence electrons. The van der Waals surface area contributed by atoms with Crippen molar-refractivity contribution in [2.75, 3.05) is 0 Å². The second-order valence-corrected chi connectivity index (χ2v) is 6.04. The highest BCUT2D eigenvalue weighted by Gasteiger charge is 2.20. The number of hydrogen-bond acceptors (Lipinski definition) is 6. The maximum atomic E-state index is 11.9. The van der Waals surface area contributed by atoms with Crippen molar-refractivity contribution < 1.29 is 29.1 Å². The molecule has 0 heterocycles. The molecule has 0 bridgehead atoms. The second-order valence-electron chi connectivity index (χ2n) is 6.04. The van der Waals surface area contributed by atoms with E-state index in [0.29, 0.717) is 12.0 Å². The summed E-state index contributed by atoms with van der Waals surface area (Å²) in [5.41, 5.74) is -0.0128. The summed E-state index contributed by atoms with van der Waals surface area (Å²) in [5, 5.41) is 0. The van der Waals surface area contributed by atoms with Gasteiger partial charge in [0.25, 0.3) is 0 Å². The van der Waals surface area contributed by atoms with E-state index in [0.717, 1.165) is 6.42 Å². The van der Waals surface area contributed by atoms with E-state index in [2.05, 4.69) is 0 Å². The van der Waals surface area contributed by atoms with Crippen LogP contribution in [0.1, 0.15) is 57.8 Å². The van der Waals surface area contributed by atoms with Gasteiger partial charge >= 0.3 is 5.97 Å². The molecule has 0 aromatic heterocycles. The lowest BCUT2D eigenvalue weighted by molar-refractivity contribution is -0.500. The lowest BCUT2D eigenvalue weighted by Crippen LogP contribution is -2.28. The summed E-state index contributed by atoms with van der Waals surface area (Å²) in [7, 11) is 0. The van der Waals surface area contributed by atoms with E-state index in [9.17, 15) is 4.79 Å². The van der Waals surface area contributed by atoms with Crippen LogP contribution in [-0.4, -0.2) is 24.2 Å². The lowest BCUT2D eigenvalue weighted by atomic mass is 10.2. The van der Waals surface area contributed by atoms with E-state index < -0.39 is 24.2 Å². The van der Waals surface area contributed by atoms with Crippen LogP contribution < -0.4 is 0 Å². The number of carbonyl (C=O) groups excluding carboxylic acids is 1. The number of rotatable bonds is 9. The monoisotopic (exact) mass is 326 g/mol. The van der Waals surface area contributed by atoms with Crippen molar-refractivity contribution in [3.63, 3.8) is 0 Å². The second kappa shape index (κ2) is 9.62. The summed E-state index contributed by atoms with van der Waals surface area (Å²) >= 11 is 0. The summed E-state index contributed by atoms with van der Waals surface area (Å²) < 4.78 is 5.13. The highest BCUT2D eigenvalue weighted by molar-refractivity contribution is 5.89. The number of ether oxygens (including phenoxy) is 1. The third-order valence-electron chi connectivity index (χ3n) is 2.51. The normalized spacial score (nSPS) is 14.3. The molecule has 0 radical (unpaired) electrons. The van der Waals surface area contributed by atoms with Gasteiger partial charge in [0.05, 0.1) is 11.2 Å². The van der Waals surface area contributed by atoms with Crippen LogP contribution in [0.2, 0.25) is 0 Å². The van der Waals surface area contributed by atoms with Gasteiger partial charge in [-0.1, -0.05) is 31.5 Å². The lowest BCUT2D eigenvalue weighted by Gasteiger charge is -2.23. The van der Waals surface area contributed by atoms with Gasteiger partial charge in [-0.25, -0.2) is 14.6 Å². The zero-order chi connectivity index (χ0) is 17.3. The van der Waals surface area contributed by atoms with Crippen molar-refractivity contribution in [1.82, 2.24) is 0 Å². The number of hydrogen-bond donors (Lipinski definition) is 0. The molecule has 23 heavy (non-hydrogen) atoms. The predicted octanol–water partition coefficient (Wildman–Crippen LogP) is 4.01. The van der Waals surface area contributed by atoms with Crippen LogP contribution in [-0.2, 0) is 24.3 Å². The smallest absolute Gasteiger partial charge is 0.340 e. The fourth-order valence-corrected chi connectivity index (χ4v) is 1.50. The number of esters is 1. The van der Waals surface area contributed by atoms with Crippen LogP contribution in [0.3, 0.4) is 0 Å². The van der Waals surface area contributed by atoms with Crippen molar-refractivity contribution in [3.05, 3.63) is 35.9 Å². The van der Waals surface area contributed by atoms with Crippen molar-refractivity contribution in [2.24, 2.45) is 0 Å². The van der Waals surface area contributed by atoms with Crippen molar-refractivity contribution in [3.8, 4) is 0 Å². The van der Waals surface area contributed by atoms with Gasteiger partial charge in [-0.2, -0.15) is 9.78 Å². The van der Waals surface area contributed by atoms with E-state index in [1.165, 1.54) is 0 Å². The fraction of sp³-hybridized carbons (Fsp3) is 0.588. The standard InChI is InChI=1S/C17H26O6/c1-6-10-15(22-23-17(3,4)5)21-20-13(2)19-16(18)14-11-8-7-9-12-14/h7-9,11-13,15H,6,10H2,1-5H3. The molecule has 0 saturated heterocycles. The van der Waals surface area contributed by atoms with Crippen molar-refractivity contribution in [2.45, 2.75) is 65.6 Å². The minimum absolute atomic E-state index is 0.445. The van der Waals surface area contributed by atoms with Gasteiger partial charge in [-0.3, -0.25) is 0 Å². The highest BCUT2D eigenvalue weighted by Crippen LogP contribution is 2.14. The van der Waals surface area contributed by atoms with Crippen LogP contribution >= 0.6 is 0 Å². The van der Waals surface area contributed by atoms with Crippen LogP contribution in [0, 0.1) is 0 Å². The molecule has 1 rings (SSSR count). The third-order valence-corrected chi connectivity index (χ3v) is 2.51. The Morgan fingerprint density at radius 3 is 2.30 bits per heavy atom. The molecule has 0 aliphatic heterocycles. The van der Waals surface area contributed by atoms with Gasteiger partial charge in [0.15, 0.2) is 0 Å². The summed E-state index contributed by atoms with van der Waals surface area (Å²) in [5.74, 6) is -0.486. The Morgan fingerprint density at radius 2 is 1.74 bits per heavy atom. The zero-order valence-corrected chi connectivity index (χ0v) is 14.4. The minimum atomic E-state index is -0.875. The molecule has 0 saturated carbocycles. The van der Waals surface area contributed by atoms with Gasteiger partial charge in [-0.15, -0.1) is 0 Å². The van der Waals surface area contributed by atoms with Crippen LogP contribution in [0.15, 0.2) is 30.3 Å². The van der Waals surface area contributed by atoms with Gasteiger partial charge in [0, 0.05) is 13.3 Å². The molecule has 0 N–H and O–H groups in total. The number of benzene rings is 1. The first-order valence-corrected chi connectivity index (χ1v) is 7.74. The largest absolute Gasteiger partial charge is 0.430 e. The molecular weight excluding hydrogens is 300 g/mol. The molecule has 0 amide bonds. The van der Waals surface area contributed by atoms with E-state index in [4.69, 9.17) is 24.3 Å². The highest BCUT2D eigenvalue weighted by atomic mass is 17.3. The maximum absolute atomic E-state index is 11.9. The zero-order valence-electron chi connectivity index (χ0n) is 14.4. The maximum Gasteiger partial charge on any atom is 0.340 e. The summed E-state index contributed by atoms with van der Waals surface area (Å²) in [4.78, 5) is 32.5. The topological polar surface area (TPSA) is 63.2 Å². The van der Waals surface area contributed by atoms with Crippen LogP contribution in [0.5, 0.6) is 0 Å². The third kappa shape index (κ3) is 8.66. The minimum Gasteiger partial charge on any atom is -0.430 e. The molecule has 0 aliphatic rings. The Hall–Kier alpha value is -1.47. The Balaban J connectivity index is 2.39. The molecule has 2 atom stereocenters. The van der Waals surface area contributed by atoms with Crippen molar-refractivity contribution in [1.29, 1.82) is 0 Å². The molecule has 0 spiro atoms. The summed E-state index contributed by atoms with van der Waals surface area (Å²) in [6.07, 6.45) is -0.174. The molecule has 0 fully saturated rings. The molecule has 1 aromatic carbocycles. The van der Waals surface area contributed by atoms with Gasteiger partial charge in [0.2, 0.25) is 12.6 Å².